The summed E-state index contributed by atoms with van der Waals surface area (Å²) in [5, 5.41) is 5.91. The van der Waals surface area contributed by atoms with Gasteiger partial charge >= 0.3 is 0 Å². The summed E-state index contributed by atoms with van der Waals surface area (Å²) in [4.78, 5) is 22.3. The summed E-state index contributed by atoms with van der Waals surface area (Å²) in [5.41, 5.74) is 0.848. The number of rotatable bonds is 3. The van der Waals surface area contributed by atoms with E-state index in [2.05, 4.69) is 20.6 Å². The molecule has 0 spiro atoms. The molecule has 1 amide bonds. The van der Waals surface area contributed by atoms with E-state index in [1.165, 1.54) is 6.33 Å². The van der Waals surface area contributed by atoms with E-state index in [0.717, 1.165) is 24.5 Å². The number of amides is 1. The van der Waals surface area contributed by atoms with Crippen LogP contribution in [0.4, 0.5) is 5.82 Å². The molecule has 1 aromatic rings. The lowest BCUT2D eigenvalue weighted by molar-refractivity contribution is -0.122. The monoisotopic (exact) mass is 265 g/mol. The van der Waals surface area contributed by atoms with Crippen LogP contribution in [0.15, 0.2) is 6.33 Å². The average molecular weight is 265 g/mol. The number of carbonyl (C=O) groups excluding carboxylic acids is 1. The second-order valence-electron chi connectivity index (χ2n) is 4.36. The van der Waals surface area contributed by atoms with E-state index in [9.17, 15) is 4.79 Å². The Morgan fingerprint density at radius 2 is 2.37 bits per heavy atom. The summed E-state index contributed by atoms with van der Waals surface area (Å²) >= 11 is 0. The molecule has 1 aliphatic rings. The highest BCUT2D eigenvalue weighted by Crippen LogP contribution is 2.25. The largest absolute Gasteiger partial charge is 0.481 e. The number of hydrogen-bond donors (Lipinski definition) is 2. The fourth-order valence-electron chi connectivity index (χ4n) is 2.28. The van der Waals surface area contributed by atoms with Crippen LogP contribution in [-0.2, 0) is 4.79 Å². The Balaban J connectivity index is 2.35. The number of methoxy groups -OCH3 is 1. The van der Waals surface area contributed by atoms with Crippen molar-refractivity contribution < 1.29 is 9.53 Å². The molecular weight excluding hydrogens is 246 g/mol. The van der Waals surface area contributed by atoms with Crippen LogP contribution in [0.5, 0.6) is 5.88 Å². The first-order valence-corrected chi connectivity index (χ1v) is 6.23. The van der Waals surface area contributed by atoms with Crippen LogP contribution in [0, 0.1) is 6.92 Å². The lowest BCUT2D eigenvalue weighted by Gasteiger charge is -2.36. The molecule has 0 aromatic carbocycles. The van der Waals surface area contributed by atoms with Gasteiger partial charge in [0, 0.05) is 26.7 Å². The van der Waals surface area contributed by atoms with Gasteiger partial charge in [0.25, 0.3) is 0 Å². The van der Waals surface area contributed by atoms with Crippen LogP contribution < -0.4 is 20.3 Å². The van der Waals surface area contributed by atoms with Crippen molar-refractivity contribution in [3.63, 3.8) is 0 Å². The number of hydrogen-bond acceptors (Lipinski definition) is 6. The number of ether oxygens (including phenoxy) is 1. The standard InChI is InChI=1S/C12H19N5O2/c1-8-10(15-7-16-12(8)19-3)17-5-4-14-6-9(17)11(18)13-2/h7,9,14H,4-6H2,1-3H3,(H,13,18). The van der Waals surface area contributed by atoms with Crippen LogP contribution in [0.3, 0.4) is 0 Å². The first kappa shape index (κ1) is 13.5. The molecule has 2 rings (SSSR count). The summed E-state index contributed by atoms with van der Waals surface area (Å²) in [6.45, 7) is 4.04. The smallest absolute Gasteiger partial charge is 0.243 e. The molecule has 104 valence electrons. The van der Waals surface area contributed by atoms with E-state index < -0.39 is 0 Å². The average Bonchev–Trinajstić information content (AvgIpc) is 2.47. The predicted octanol–water partition coefficient (Wildman–Crippen LogP) is -0.682. The van der Waals surface area contributed by atoms with E-state index in [4.69, 9.17) is 4.74 Å². The van der Waals surface area contributed by atoms with E-state index in [1.807, 2.05) is 11.8 Å². The molecule has 1 aromatic heterocycles. The second-order valence-corrected chi connectivity index (χ2v) is 4.36. The number of aromatic nitrogens is 2. The Morgan fingerprint density at radius 1 is 1.58 bits per heavy atom. The van der Waals surface area contributed by atoms with Gasteiger partial charge in [-0.3, -0.25) is 4.79 Å². The molecule has 1 saturated heterocycles. The van der Waals surface area contributed by atoms with Crippen LogP contribution in [0.1, 0.15) is 5.56 Å². The fourth-order valence-corrected chi connectivity index (χ4v) is 2.28. The van der Waals surface area contributed by atoms with Crippen LogP contribution in [-0.4, -0.2) is 55.7 Å². The quantitative estimate of drug-likeness (QED) is 0.754. The van der Waals surface area contributed by atoms with Gasteiger partial charge in [-0.05, 0) is 6.92 Å². The van der Waals surface area contributed by atoms with E-state index in [0.29, 0.717) is 12.4 Å². The van der Waals surface area contributed by atoms with Gasteiger partial charge in [-0.2, -0.15) is 0 Å². The van der Waals surface area contributed by atoms with Crippen molar-refractivity contribution in [2.45, 2.75) is 13.0 Å². The summed E-state index contributed by atoms with van der Waals surface area (Å²) in [7, 11) is 3.22. The summed E-state index contributed by atoms with van der Waals surface area (Å²) in [5.74, 6) is 1.27. The van der Waals surface area contributed by atoms with Crippen molar-refractivity contribution in [1.29, 1.82) is 0 Å². The molecule has 7 heteroatoms. The zero-order valence-electron chi connectivity index (χ0n) is 11.4. The van der Waals surface area contributed by atoms with Gasteiger partial charge in [0.15, 0.2) is 0 Å². The molecule has 1 fully saturated rings. The fraction of sp³-hybridized carbons (Fsp3) is 0.583. The topological polar surface area (TPSA) is 79.4 Å². The second kappa shape index (κ2) is 5.83. The molecule has 1 atom stereocenters. The Bertz CT molecular complexity index is 465. The van der Waals surface area contributed by atoms with Gasteiger partial charge in [-0.15, -0.1) is 0 Å². The molecule has 2 N–H and O–H groups in total. The highest BCUT2D eigenvalue weighted by Gasteiger charge is 2.30. The Labute approximate surface area is 112 Å². The summed E-state index contributed by atoms with van der Waals surface area (Å²) in [6, 6.07) is -0.267. The van der Waals surface area contributed by atoms with Crippen molar-refractivity contribution >= 4 is 11.7 Å². The zero-order valence-corrected chi connectivity index (χ0v) is 11.4. The minimum atomic E-state index is -0.267. The Hall–Kier alpha value is -1.89. The molecule has 0 saturated carbocycles. The SMILES string of the molecule is CNC(=O)C1CNCCN1c1ncnc(OC)c1C. The third kappa shape index (κ3) is 2.60. The van der Waals surface area contributed by atoms with Crippen molar-refractivity contribution in [1.82, 2.24) is 20.6 Å². The highest BCUT2D eigenvalue weighted by atomic mass is 16.5. The number of likely N-dealkylation sites (N-methyl/N-ethyl adjacent to an activating group) is 1. The van der Waals surface area contributed by atoms with Gasteiger partial charge in [-0.25, -0.2) is 9.97 Å². The lowest BCUT2D eigenvalue weighted by atomic mass is 10.1. The van der Waals surface area contributed by atoms with Crippen molar-refractivity contribution in [3.8, 4) is 5.88 Å². The minimum absolute atomic E-state index is 0.0239. The molecule has 1 unspecified atom stereocenters. The molecule has 0 radical (unpaired) electrons. The Morgan fingerprint density at radius 3 is 3.05 bits per heavy atom. The maximum absolute atomic E-state index is 11.9. The predicted molar refractivity (Wildman–Crippen MR) is 71.4 cm³/mol. The number of carbonyl (C=O) groups is 1. The van der Waals surface area contributed by atoms with E-state index >= 15 is 0 Å². The van der Waals surface area contributed by atoms with Gasteiger partial charge in [-0.1, -0.05) is 0 Å². The number of piperazine rings is 1. The molecule has 0 bridgehead atoms. The molecule has 19 heavy (non-hydrogen) atoms. The number of nitrogens with one attached hydrogen (secondary N) is 2. The molecule has 1 aliphatic heterocycles. The highest BCUT2D eigenvalue weighted by molar-refractivity contribution is 5.85. The maximum Gasteiger partial charge on any atom is 0.243 e. The van der Waals surface area contributed by atoms with Gasteiger partial charge in [0.05, 0.1) is 12.7 Å². The van der Waals surface area contributed by atoms with E-state index in [1.54, 1.807) is 14.2 Å². The molecule has 7 nitrogen and oxygen atoms in total. The van der Waals surface area contributed by atoms with Crippen molar-refractivity contribution in [2.75, 3.05) is 38.7 Å². The first-order chi connectivity index (χ1) is 9.19. The lowest BCUT2D eigenvalue weighted by Crippen LogP contribution is -2.58. The van der Waals surface area contributed by atoms with Gasteiger partial charge < -0.3 is 20.3 Å². The van der Waals surface area contributed by atoms with Crippen LogP contribution >= 0.6 is 0 Å². The zero-order chi connectivity index (χ0) is 13.8. The van der Waals surface area contributed by atoms with Gasteiger partial charge in [0.2, 0.25) is 11.8 Å². The first-order valence-electron chi connectivity index (χ1n) is 6.23. The van der Waals surface area contributed by atoms with Crippen molar-refractivity contribution in [3.05, 3.63) is 11.9 Å². The summed E-state index contributed by atoms with van der Waals surface area (Å²) < 4.78 is 5.20. The normalized spacial score (nSPS) is 19.1. The Kier molecular flexibility index (Phi) is 4.16. The minimum Gasteiger partial charge on any atom is -0.481 e. The number of nitrogens with zero attached hydrogens (tertiary/aromatic N) is 3. The van der Waals surface area contributed by atoms with Crippen LogP contribution in [0.2, 0.25) is 0 Å². The molecule has 0 aliphatic carbocycles. The third-order valence-electron chi connectivity index (χ3n) is 3.27. The number of anilines is 1. The van der Waals surface area contributed by atoms with Gasteiger partial charge in [0.1, 0.15) is 18.2 Å². The molecule has 2 heterocycles. The third-order valence-corrected chi connectivity index (χ3v) is 3.27. The summed E-state index contributed by atoms with van der Waals surface area (Å²) in [6.07, 6.45) is 1.46. The maximum atomic E-state index is 11.9. The molecular formula is C12H19N5O2. The van der Waals surface area contributed by atoms with E-state index in [-0.39, 0.29) is 11.9 Å². The van der Waals surface area contributed by atoms with Crippen molar-refractivity contribution in [2.24, 2.45) is 0 Å². The van der Waals surface area contributed by atoms with Crippen LogP contribution in [0.25, 0.3) is 0 Å².